The number of benzene rings is 6. The van der Waals surface area contributed by atoms with Crippen molar-refractivity contribution in [2.75, 3.05) is 0 Å². The van der Waals surface area contributed by atoms with E-state index in [0.29, 0.717) is 11.8 Å². The van der Waals surface area contributed by atoms with Crippen LogP contribution in [0.4, 0.5) is 0 Å². The first-order valence-corrected chi connectivity index (χ1v) is 23.2. The van der Waals surface area contributed by atoms with Crippen LogP contribution >= 0.6 is 0 Å². The van der Waals surface area contributed by atoms with Crippen molar-refractivity contribution in [2.24, 2.45) is 11.8 Å². The average Bonchev–Trinajstić information content (AvgIpc) is 3.97. The van der Waals surface area contributed by atoms with Crippen LogP contribution in [0.3, 0.4) is 0 Å². The zero-order valence-electron chi connectivity index (χ0n) is 36.7. The van der Waals surface area contributed by atoms with E-state index in [-0.39, 0.29) is 26.2 Å². The Morgan fingerprint density at radius 2 is 0.950 bits per heavy atom. The molecule has 301 valence electrons. The second-order valence-corrected chi connectivity index (χ2v) is 18.5. The first-order chi connectivity index (χ1) is 28.8. The Bertz CT molecular complexity index is 2400. The summed E-state index contributed by atoms with van der Waals surface area (Å²) in [7, 11) is 0.795. The Morgan fingerprint density at radius 1 is 0.500 bits per heavy atom. The van der Waals surface area contributed by atoms with E-state index in [4.69, 9.17) is 0 Å². The summed E-state index contributed by atoms with van der Waals surface area (Å²) >= 11 is 0. The van der Waals surface area contributed by atoms with Crippen molar-refractivity contribution in [3.05, 3.63) is 180 Å². The minimum atomic E-state index is 0. The molecule has 1 heterocycles. The number of fused-ring (bicyclic) bond motifs is 5. The molecule has 0 spiro atoms. The number of hydrogen-bond donors (Lipinski definition) is 0. The van der Waals surface area contributed by atoms with E-state index < -0.39 is 0 Å². The summed E-state index contributed by atoms with van der Waals surface area (Å²) in [5, 5.41) is 8.40. The van der Waals surface area contributed by atoms with Gasteiger partial charge in [0.1, 0.15) is 0 Å². The second-order valence-electron chi connectivity index (χ2n) is 17.2. The maximum Gasteiger partial charge on any atom is 3.00 e. The molecule has 8 aromatic carbocycles. The molecule has 0 saturated heterocycles. The minimum Gasteiger partial charge on any atom is -0.184 e. The van der Waals surface area contributed by atoms with Crippen LogP contribution in [0, 0.1) is 17.9 Å². The molecule has 8 aromatic rings. The van der Waals surface area contributed by atoms with Gasteiger partial charge in [-0.3, -0.25) is 0 Å². The Balaban J connectivity index is 0.000000155. The second kappa shape index (κ2) is 21.9. The molecule has 0 bridgehead atoms. The quantitative estimate of drug-likeness (QED) is 0.0847. The van der Waals surface area contributed by atoms with Gasteiger partial charge in [-0.2, -0.15) is 41.6 Å². The Morgan fingerprint density at radius 3 is 1.45 bits per heavy atom. The predicted molar refractivity (Wildman–Crippen MR) is 260 cm³/mol. The molecule has 0 fully saturated rings. The van der Waals surface area contributed by atoms with Crippen molar-refractivity contribution in [2.45, 2.75) is 92.9 Å². The van der Waals surface area contributed by atoms with E-state index in [2.05, 4.69) is 193 Å². The van der Waals surface area contributed by atoms with Crippen LogP contribution in [0.2, 0.25) is 0 Å². The molecule has 0 unspecified atom stereocenters. The molecule has 0 aliphatic carbocycles. The normalized spacial score (nSPS) is 11.5. The van der Waals surface area contributed by atoms with Crippen molar-refractivity contribution in [3.63, 3.8) is 0 Å². The van der Waals surface area contributed by atoms with E-state index in [9.17, 15) is 0 Å². The van der Waals surface area contributed by atoms with Gasteiger partial charge in [0.05, 0.1) is 9.52 Å². The van der Waals surface area contributed by atoms with Crippen LogP contribution in [0.15, 0.2) is 152 Å². The standard InChI is InChI=1S/2C23H27.C12H7Si.Zr/c2*1-4-5-9-19-10-6-7-12-21(19)22-13-8-11-20-15-18(14-17(2)3)16-23(20)22;1-3-7-11-9(5-1)10-6-2-4-8-12(10)13-11;/h2*6-8,10-13,15-17H,4-5,9,14H2,1-3H3;1-7H;/q3*-1;+3. The third-order valence-electron chi connectivity index (χ3n) is 11.5. The van der Waals surface area contributed by atoms with Crippen LogP contribution in [-0.4, -0.2) is 9.52 Å². The third kappa shape index (κ3) is 11.1. The first kappa shape index (κ1) is 45.2. The Hall–Kier alpha value is -4.36. The summed E-state index contributed by atoms with van der Waals surface area (Å²) < 4.78 is 0. The molecule has 0 nitrogen and oxygen atoms in total. The van der Waals surface area contributed by atoms with E-state index in [1.165, 1.54) is 126 Å². The molecule has 0 saturated carbocycles. The van der Waals surface area contributed by atoms with Crippen molar-refractivity contribution >= 4 is 41.4 Å². The predicted octanol–water partition coefficient (Wildman–Crippen LogP) is 14.7. The van der Waals surface area contributed by atoms with Gasteiger partial charge in [-0.1, -0.05) is 161 Å². The number of unbranched alkanes of at least 4 members (excludes halogenated alkanes) is 2. The molecule has 0 atom stereocenters. The molecule has 3 radical (unpaired) electrons. The van der Waals surface area contributed by atoms with Gasteiger partial charge in [-0.25, -0.2) is 0 Å². The summed E-state index contributed by atoms with van der Waals surface area (Å²) in [4.78, 5) is 0. The first-order valence-electron chi connectivity index (χ1n) is 22.2. The van der Waals surface area contributed by atoms with Crippen LogP contribution in [0.25, 0.3) is 54.9 Å². The van der Waals surface area contributed by atoms with Gasteiger partial charge in [0, 0.05) is 0 Å². The van der Waals surface area contributed by atoms with E-state index in [1.807, 2.05) is 6.07 Å². The zero-order chi connectivity index (χ0) is 41.1. The molecule has 2 heteroatoms. The Kier molecular flexibility index (Phi) is 16.5. The fourth-order valence-corrected chi connectivity index (χ4v) is 10.0. The van der Waals surface area contributed by atoms with Gasteiger partial charge < -0.3 is 0 Å². The fourth-order valence-electron chi connectivity index (χ4n) is 8.70. The van der Waals surface area contributed by atoms with E-state index >= 15 is 0 Å². The molecule has 0 amide bonds. The molecular weight excluding hydrogens is 816 g/mol. The molecular formula is C58H61SiZr. The summed E-state index contributed by atoms with van der Waals surface area (Å²) in [5.74, 6) is 1.40. The maximum absolute atomic E-state index is 3.31. The summed E-state index contributed by atoms with van der Waals surface area (Å²) in [6.45, 7) is 13.7. The summed E-state index contributed by atoms with van der Waals surface area (Å²) in [6.07, 6.45) is 9.66. The van der Waals surface area contributed by atoms with Crippen molar-refractivity contribution in [1.82, 2.24) is 0 Å². The van der Waals surface area contributed by atoms with Crippen LogP contribution in [0.5, 0.6) is 0 Å². The monoisotopic (exact) mass is 875 g/mol. The maximum atomic E-state index is 3.31. The topological polar surface area (TPSA) is 0 Å². The third-order valence-corrected chi connectivity index (χ3v) is 12.8. The average molecular weight is 877 g/mol. The molecule has 0 aromatic heterocycles. The molecule has 1 aliphatic rings. The van der Waals surface area contributed by atoms with Crippen LogP contribution in [-0.2, 0) is 51.9 Å². The number of aryl methyl sites for hydroxylation is 2. The van der Waals surface area contributed by atoms with E-state index in [1.54, 1.807) is 0 Å². The van der Waals surface area contributed by atoms with Gasteiger partial charge >= 0.3 is 26.2 Å². The molecule has 60 heavy (non-hydrogen) atoms. The Labute approximate surface area is 383 Å². The van der Waals surface area contributed by atoms with Gasteiger partial charge in [-0.15, -0.1) is 74.6 Å². The molecule has 1 aliphatic heterocycles. The largest absolute Gasteiger partial charge is 3.00 e. The molecule has 0 N–H and O–H groups in total. The van der Waals surface area contributed by atoms with Crippen molar-refractivity contribution in [3.8, 4) is 33.4 Å². The molecule has 9 rings (SSSR count). The fraction of sp³-hybridized carbons (Fsp3) is 0.276. The van der Waals surface area contributed by atoms with Gasteiger partial charge in [-0.05, 0) is 72.6 Å². The summed E-state index contributed by atoms with van der Waals surface area (Å²) in [5.41, 5.74) is 14.3. The van der Waals surface area contributed by atoms with Gasteiger partial charge in [0.15, 0.2) is 0 Å². The van der Waals surface area contributed by atoms with Gasteiger partial charge in [0.25, 0.3) is 0 Å². The minimum absolute atomic E-state index is 0. The number of rotatable bonds is 12. The summed E-state index contributed by atoms with van der Waals surface area (Å²) in [6, 6.07) is 59.0. The SMILES string of the molecule is CCCCc1ccccc1-c1cccc2[cH-]c(CC(C)C)cc12.CCCCc1ccccc1-c1cccc2[cH-]c(CC(C)C)cc12.[Zr+3].[c-]1cccc2c1[Si]c1ccccc1-2. The van der Waals surface area contributed by atoms with E-state index in [0.717, 1.165) is 22.4 Å². The smallest absolute Gasteiger partial charge is 0.184 e. The van der Waals surface area contributed by atoms with Crippen molar-refractivity contribution in [1.29, 1.82) is 0 Å². The zero-order valence-corrected chi connectivity index (χ0v) is 40.2. The van der Waals surface area contributed by atoms with Crippen molar-refractivity contribution < 1.29 is 26.2 Å². The van der Waals surface area contributed by atoms with Crippen LogP contribution in [0.1, 0.15) is 89.5 Å². The van der Waals surface area contributed by atoms with Gasteiger partial charge in [0.2, 0.25) is 0 Å². The number of hydrogen-bond acceptors (Lipinski definition) is 0. The van der Waals surface area contributed by atoms with Crippen LogP contribution < -0.4 is 10.4 Å².